The highest BCUT2D eigenvalue weighted by molar-refractivity contribution is 7.89. The number of fused-ring (bicyclic) bond motifs is 1. The van der Waals surface area contributed by atoms with Gasteiger partial charge in [-0.25, -0.2) is 13.2 Å². The number of amides is 1. The normalized spacial score (nSPS) is 18.8. The quantitative estimate of drug-likeness (QED) is 0.356. The van der Waals surface area contributed by atoms with Crippen LogP contribution in [0.25, 0.3) is 22.6 Å². The molecule has 0 radical (unpaired) electrons. The summed E-state index contributed by atoms with van der Waals surface area (Å²) in [6.45, 7) is 3.76. The minimum Gasteiger partial charge on any atom is -0.408 e. The van der Waals surface area contributed by atoms with Crippen molar-refractivity contribution < 1.29 is 22.2 Å². The SMILES string of the molecule is Cn1c(=O)oc2cc(S(=O)(=O)N3CCC(C(=O)N4CCC(C)(c5noc(-c6ccncc6)n5)CC4)CC3)ccc21. The van der Waals surface area contributed by atoms with Gasteiger partial charge >= 0.3 is 5.76 Å². The number of hydrogen-bond acceptors (Lipinski definition) is 9. The van der Waals surface area contributed by atoms with E-state index >= 15 is 0 Å². The number of carbonyl (C=O) groups is 1. The van der Waals surface area contributed by atoms with Crippen molar-refractivity contribution in [2.45, 2.75) is 42.9 Å². The van der Waals surface area contributed by atoms with Crippen LogP contribution in [0.15, 0.2) is 61.4 Å². The summed E-state index contributed by atoms with van der Waals surface area (Å²) in [5.74, 6) is 0.380. The smallest absolute Gasteiger partial charge is 0.408 e. The van der Waals surface area contributed by atoms with Crippen molar-refractivity contribution in [1.29, 1.82) is 0 Å². The fraction of sp³-hybridized carbons (Fsp3) is 0.444. The minimum absolute atomic E-state index is 0.0668. The van der Waals surface area contributed by atoms with E-state index in [4.69, 9.17) is 8.94 Å². The number of aryl methyl sites for hydroxylation is 1. The molecule has 40 heavy (non-hydrogen) atoms. The number of piperidine rings is 2. The number of aromatic nitrogens is 4. The fourth-order valence-electron chi connectivity index (χ4n) is 5.55. The van der Waals surface area contributed by atoms with Crippen LogP contribution in [0, 0.1) is 5.92 Å². The molecule has 0 bridgehead atoms. The van der Waals surface area contributed by atoms with Crippen LogP contribution in [0.1, 0.15) is 38.4 Å². The summed E-state index contributed by atoms with van der Waals surface area (Å²) in [4.78, 5) is 35.7. The first-order valence-electron chi connectivity index (χ1n) is 13.3. The molecule has 12 nitrogen and oxygen atoms in total. The summed E-state index contributed by atoms with van der Waals surface area (Å²) in [6, 6.07) is 8.08. The summed E-state index contributed by atoms with van der Waals surface area (Å²) in [7, 11) is -2.22. The van der Waals surface area contributed by atoms with E-state index < -0.39 is 15.8 Å². The second-order valence-corrected chi connectivity index (χ2v) is 12.7. The molecule has 0 saturated carbocycles. The predicted octanol–water partition coefficient (Wildman–Crippen LogP) is 2.56. The van der Waals surface area contributed by atoms with E-state index in [2.05, 4.69) is 22.0 Å². The fourth-order valence-corrected chi connectivity index (χ4v) is 7.04. The standard InChI is InChI=1S/C27H30N6O6S/c1-27(25-29-23(39-30-25)18-5-11-28-12-6-18)9-15-32(16-10-27)24(34)19-7-13-33(14-8-19)40(36,37)20-3-4-21-22(17-20)38-26(35)31(21)2/h3-6,11-12,17,19H,7-10,13-16H2,1-2H3. The summed E-state index contributed by atoms with van der Waals surface area (Å²) in [6.07, 6.45) is 5.67. The van der Waals surface area contributed by atoms with Crippen LogP contribution in [-0.4, -0.2) is 69.4 Å². The van der Waals surface area contributed by atoms with Crippen molar-refractivity contribution >= 4 is 27.0 Å². The molecule has 3 aromatic heterocycles. The molecule has 210 valence electrons. The Hall–Kier alpha value is -3.84. The lowest BCUT2D eigenvalue weighted by Crippen LogP contribution is -2.49. The number of sulfonamides is 1. The third-order valence-corrected chi connectivity index (χ3v) is 10.2. The third-order valence-electron chi connectivity index (χ3n) is 8.28. The van der Waals surface area contributed by atoms with Crippen molar-refractivity contribution in [3.63, 3.8) is 0 Å². The summed E-state index contributed by atoms with van der Waals surface area (Å²) < 4.78 is 39.9. The maximum atomic E-state index is 13.4. The molecular formula is C27H30N6O6S. The number of rotatable bonds is 5. The topological polar surface area (TPSA) is 145 Å². The Bertz CT molecular complexity index is 1710. The predicted molar refractivity (Wildman–Crippen MR) is 144 cm³/mol. The molecule has 13 heteroatoms. The first kappa shape index (κ1) is 26.4. The van der Waals surface area contributed by atoms with Gasteiger partial charge in [-0.15, -0.1) is 0 Å². The van der Waals surface area contributed by atoms with Crippen molar-refractivity contribution in [1.82, 2.24) is 28.9 Å². The second kappa shape index (κ2) is 9.97. The van der Waals surface area contributed by atoms with Crippen LogP contribution in [0.4, 0.5) is 0 Å². The summed E-state index contributed by atoms with van der Waals surface area (Å²) in [5.41, 5.74) is 1.26. The van der Waals surface area contributed by atoms with Crippen molar-refractivity contribution in [2.75, 3.05) is 26.2 Å². The molecule has 0 N–H and O–H groups in total. The number of oxazole rings is 1. The Labute approximate surface area is 230 Å². The first-order valence-corrected chi connectivity index (χ1v) is 14.7. The van der Waals surface area contributed by atoms with E-state index in [1.807, 2.05) is 17.0 Å². The molecular weight excluding hydrogens is 536 g/mol. The van der Waals surface area contributed by atoms with Gasteiger partial charge in [0.15, 0.2) is 11.4 Å². The van der Waals surface area contributed by atoms with Crippen molar-refractivity contribution in [3.8, 4) is 11.5 Å². The molecule has 0 unspecified atom stereocenters. The zero-order valence-electron chi connectivity index (χ0n) is 22.3. The average Bonchev–Trinajstić information content (AvgIpc) is 3.59. The van der Waals surface area contributed by atoms with Crippen LogP contribution >= 0.6 is 0 Å². The molecule has 0 aliphatic carbocycles. The van der Waals surface area contributed by atoms with E-state index in [-0.39, 0.29) is 40.8 Å². The van der Waals surface area contributed by atoms with Gasteiger partial charge in [-0.2, -0.15) is 9.29 Å². The lowest BCUT2D eigenvalue weighted by Gasteiger charge is -2.40. The Morgan fingerprint density at radius 2 is 1.75 bits per heavy atom. The van der Waals surface area contributed by atoms with Gasteiger partial charge in [-0.05, 0) is 49.9 Å². The monoisotopic (exact) mass is 566 g/mol. The highest BCUT2D eigenvalue weighted by atomic mass is 32.2. The number of likely N-dealkylation sites (tertiary alicyclic amines) is 1. The van der Waals surface area contributed by atoms with Crippen LogP contribution < -0.4 is 5.76 Å². The van der Waals surface area contributed by atoms with Gasteiger partial charge in [0, 0.05) is 68.6 Å². The van der Waals surface area contributed by atoms with Gasteiger partial charge in [-0.3, -0.25) is 14.3 Å². The summed E-state index contributed by atoms with van der Waals surface area (Å²) in [5, 5.41) is 4.23. The number of hydrogen-bond donors (Lipinski definition) is 0. The molecule has 6 rings (SSSR count). The Morgan fingerprint density at radius 1 is 1.05 bits per heavy atom. The molecule has 4 aromatic rings. The molecule has 0 spiro atoms. The lowest BCUT2D eigenvalue weighted by atomic mass is 9.79. The number of benzene rings is 1. The van der Waals surface area contributed by atoms with Gasteiger partial charge in [0.2, 0.25) is 15.9 Å². The number of pyridine rings is 1. The van der Waals surface area contributed by atoms with E-state index in [1.165, 1.54) is 21.0 Å². The Balaban J connectivity index is 1.06. The minimum atomic E-state index is -3.78. The van der Waals surface area contributed by atoms with E-state index in [9.17, 15) is 18.0 Å². The zero-order chi connectivity index (χ0) is 28.1. The highest BCUT2D eigenvalue weighted by Gasteiger charge is 2.40. The van der Waals surface area contributed by atoms with Gasteiger partial charge in [0.1, 0.15) is 0 Å². The molecule has 2 fully saturated rings. The largest absolute Gasteiger partial charge is 0.419 e. The number of nitrogens with zero attached hydrogens (tertiary/aromatic N) is 6. The van der Waals surface area contributed by atoms with Crippen LogP contribution in [0.3, 0.4) is 0 Å². The Morgan fingerprint density at radius 3 is 2.45 bits per heavy atom. The Kier molecular flexibility index (Phi) is 6.57. The second-order valence-electron chi connectivity index (χ2n) is 10.8. The molecule has 2 aliphatic heterocycles. The molecule has 1 aromatic carbocycles. The van der Waals surface area contributed by atoms with E-state index in [0.717, 1.165) is 5.56 Å². The molecule has 2 saturated heterocycles. The summed E-state index contributed by atoms with van der Waals surface area (Å²) >= 11 is 0. The van der Waals surface area contributed by atoms with Crippen LogP contribution in [0.5, 0.6) is 0 Å². The lowest BCUT2D eigenvalue weighted by molar-refractivity contribution is -0.138. The molecule has 1 amide bonds. The average molecular weight is 567 g/mol. The van der Waals surface area contributed by atoms with Gasteiger partial charge in [0.05, 0.1) is 10.4 Å². The number of carbonyl (C=O) groups excluding carboxylic acids is 1. The van der Waals surface area contributed by atoms with Crippen LogP contribution in [-0.2, 0) is 27.3 Å². The van der Waals surface area contributed by atoms with Crippen molar-refractivity contribution in [3.05, 3.63) is 59.1 Å². The zero-order valence-corrected chi connectivity index (χ0v) is 23.1. The molecule has 5 heterocycles. The first-order chi connectivity index (χ1) is 19.2. The van der Waals surface area contributed by atoms with Gasteiger partial charge in [-0.1, -0.05) is 12.1 Å². The third kappa shape index (κ3) is 4.62. The van der Waals surface area contributed by atoms with Crippen molar-refractivity contribution in [2.24, 2.45) is 13.0 Å². The molecule has 2 aliphatic rings. The van der Waals surface area contributed by atoms with Gasteiger partial charge in [0.25, 0.3) is 5.89 Å². The molecule has 0 atom stereocenters. The maximum absolute atomic E-state index is 13.4. The van der Waals surface area contributed by atoms with Crippen LogP contribution in [0.2, 0.25) is 0 Å². The van der Waals surface area contributed by atoms with Gasteiger partial charge < -0.3 is 13.8 Å². The highest BCUT2D eigenvalue weighted by Crippen LogP contribution is 2.35. The maximum Gasteiger partial charge on any atom is 0.419 e. The van der Waals surface area contributed by atoms with E-state index in [0.29, 0.717) is 56.0 Å². The van der Waals surface area contributed by atoms with E-state index in [1.54, 1.807) is 25.5 Å².